The molecule has 0 aromatic heterocycles. The van der Waals surface area contributed by atoms with Crippen LogP contribution in [0.4, 0.5) is 10.1 Å². The summed E-state index contributed by atoms with van der Waals surface area (Å²) in [6, 6.07) is 1.88. The molecule has 3 nitrogen and oxygen atoms in total. The Morgan fingerprint density at radius 1 is 1.58 bits per heavy atom. The molecule has 0 heterocycles. The Morgan fingerprint density at radius 2 is 2.17 bits per heavy atom. The lowest BCUT2D eigenvalue weighted by molar-refractivity contribution is 0.0697. The summed E-state index contributed by atoms with van der Waals surface area (Å²) in [4.78, 5) is 10.4. The summed E-state index contributed by atoms with van der Waals surface area (Å²) in [5, 5.41) is 8.49. The molecule has 60 valence electrons. The van der Waals surface area contributed by atoms with Crippen molar-refractivity contribution in [1.29, 1.82) is 0 Å². The summed E-state index contributed by atoms with van der Waals surface area (Å²) in [7, 11) is 5.14. The van der Waals surface area contributed by atoms with E-state index in [1.807, 2.05) is 0 Å². The Hall–Kier alpha value is -1.52. The summed E-state index contributed by atoms with van der Waals surface area (Å²) >= 11 is 0. The normalized spacial score (nSPS) is 9.75. The van der Waals surface area contributed by atoms with Crippen molar-refractivity contribution in [2.45, 2.75) is 0 Å². The Labute approximate surface area is 69.4 Å². The Balaban J connectivity index is 3.33. The van der Waals surface area contributed by atoms with Crippen molar-refractivity contribution in [3.8, 4) is 0 Å². The SMILES string of the molecule is [B]c1cc(N)c(C(=O)O)cc1F. The van der Waals surface area contributed by atoms with Gasteiger partial charge in [0, 0.05) is 5.69 Å². The fourth-order valence-corrected chi connectivity index (χ4v) is 0.793. The number of halogens is 1. The van der Waals surface area contributed by atoms with E-state index in [2.05, 4.69) is 0 Å². The van der Waals surface area contributed by atoms with Crippen molar-refractivity contribution in [2.75, 3.05) is 5.73 Å². The second-order valence-corrected chi connectivity index (χ2v) is 2.27. The molecular weight excluding hydrogens is 160 g/mol. The molecule has 0 saturated heterocycles. The molecule has 1 aromatic rings. The van der Waals surface area contributed by atoms with Crippen LogP contribution >= 0.6 is 0 Å². The first-order valence-electron chi connectivity index (χ1n) is 3.10. The van der Waals surface area contributed by atoms with Gasteiger partial charge < -0.3 is 10.8 Å². The van der Waals surface area contributed by atoms with E-state index in [0.29, 0.717) is 0 Å². The van der Waals surface area contributed by atoms with Crippen molar-refractivity contribution >= 4 is 25.0 Å². The van der Waals surface area contributed by atoms with Gasteiger partial charge in [0.1, 0.15) is 13.7 Å². The van der Waals surface area contributed by atoms with Gasteiger partial charge in [-0.3, -0.25) is 0 Å². The van der Waals surface area contributed by atoms with E-state index < -0.39 is 11.8 Å². The average Bonchev–Trinajstić information content (AvgIpc) is 1.96. The molecule has 0 atom stereocenters. The van der Waals surface area contributed by atoms with Crippen LogP contribution in [-0.2, 0) is 0 Å². The number of hydrogen-bond acceptors (Lipinski definition) is 2. The highest BCUT2D eigenvalue weighted by atomic mass is 19.1. The predicted molar refractivity (Wildman–Crippen MR) is 43.2 cm³/mol. The van der Waals surface area contributed by atoms with Gasteiger partial charge in [0.25, 0.3) is 0 Å². The van der Waals surface area contributed by atoms with E-state index in [0.717, 1.165) is 12.1 Å². The maximum absolute atomic E-state index is 12.7. The fourth-order valence-electron chi connectivity index (χ4n) is 0.793. The minimum absolute atomic E-state index is 0.0404. The van der Waals surface area contributed by atoms with Crippen molar-refractivity contribution in [3.05, 3.63) is 23.5 Å². The van der Waals surface area contributed by atoms with E-state index in [9.17, 15) is 9.18 Å². The first-order valence-corrected chi connectivity index (χ1v) is 3.10. The van der Waals surface area contributed by atoms with Gasteiger partial charge in [-0.05, 0) is 12.1 Å². The molecule has 0 bridgehead atoms. The minimum Gasteiger partial charge on any atom is -0.478 e. The van der Waals surface area contributed by atoms with Crippen LogP contribution in [0.25, 0.3) is 0 Å². The summed E-state index contributed by atoms with van der Waals surface area (Å²) in [6.45, 7) is 0. The molecule has 0 unspecified atom stereocenters. The van der Waals surface area contributed by atoms with Gasteiger partial charge in [-0.2, -0.15) is 0 Å². The summed E-state index contributed by atoms with van der Waals surface area (Å²) in [5.74, 6) is -2.05. The minimum atomic E-state index is -1.27. The highest BCUT2D eigenvalue weighted by Crippen LogP contribution is 2.10. The monoisotopic (exact) mass is 165 g/mol. The van der Waals surface area contributed by atoms with Crippen LogP contribution in [0.5, 0.6) is 0 Å². The maximum Gasteiger partial charge on any atom is 0.337 e. The van der Waals surface area contributed by atoms with Crippen molar-refractivity contribution < 1.29 is 14.3 Å². The first kappa shape index (κ1) is 8.58. The lowest BCUT2D eigenvalue weighted by atomic mass is 9.93. The number of carboxylic acid groups (broad SMARTS) is 1. The number of anilines is 1. The lowest BCUT2D eigenvalue weighted by Crippen LogP contribution is -2.13. The first-order chi connectivity index (χ1) is 5.52. The predicted octanol–water partition coefficient (Wildman–Crippen LogP) is -0.100. The zero-order chi connectivity index (χ0) is 9.30. The summed E-state index contributed by atoms with van der Waals surface area (Å²) in [6.07, 6.45) is 0. The lowest BCUT2D eigenvalue weighted by Gasteiger charge is -2.02. The molecule has 1 aromatic carbocycles. The average molecular weight is 165 g/mol. The zero-order valence-corrected chi connectivity index (χ0v) is 6.04. The molecule has 12 heavy (non-hydrogen) atoms. The molecule has 3 N–H and O–H groups in total. The maximum atomic E-state index is 12.7. The van der Waals surface area contributed by atoms with Crippen LogP contribution < -0.4 is 11.2 Å². The van der Waals surface area contributed by atoms with Gasteiger partial charge >= 0.3 is 5.97 Å². The number of carboxylic acids is 1. The van der Waals surface area contributed by atoms with Gasteiger partial charge in [-0.1, -0.05) is 5.46 Å². The number of benzene rings is 1. The molecule has 2 radical (unpaired) electrons. The van der Waals surface area contributed by atoms with Crippen molar-refractivity contribution in [1.82, 2.24) is 0 Å². The highest BCUT2D eigenvalue weighted by molar-refractivity contribution is 6.33. The number of nitrogens with two attached hydrogens (primary N) is 1. The molecule has 1 rings (SSSR count). The standard InChI is InChI=1S/C7H5BFNO2/c8-4-2-6(10)3(7(11)12)1-5(4)9/h1-2H,10H2,(H,11,12). The van der Waals surface area contributed by atoms with Gasteiger partial charge in [0.05, 0.1) is 5.56 Å². The van der Waals surface area contributed by atoms with Crippen LogP contribution in [0.2, 0.25) is 0 Å². The fraction of sp³-hybridized carbons (Fsp3) is 0. The van der Waals surface area contributed by atoms with Crippen LogP contribution in [0, 0.1) is 5.82 Å². The third kappa shape index (κ3) is 1.39. The summed E-state index contributed by atoms with van der Waals surface area (Å²) < 4.78 is 12.7. The Bertz CT molecular complexity index is 340. The zero-order valence-electron chi connectivity index (χ0n) is 6.04. The van der Waals surface area contributed by atoms with Crippen LogP contribution in [-0.4, -0.2) is 18.9 Å². The number of nitrogen functional groups attached to an aromatic ring is 1. The third-order valence-electron chi connectivity index (χ3n) is 1.40. The topological polar surface area (TPSA) is 63.3 Å². The van der Waals surface area contributed by atoms with Crippen molar-refractivity contribution in [3.63, 3.8) is 0 Å². The third-order valence-corrected chi connectivity index (χ3v) is 1.40. The van der Waals surface area contributed by atoms with Crippen LogP contribution in [0.3, 0.4) is 0 Å². The van der Waals surface area contributed by atoms with E-state index in [1.165, 1.54) is 0 Å². The number of hydrogen-bond donors (Lipinski definition) is 2. The number of carbonyl (C=O) groups is 1. The van der Waals surface area contributed by atoms with E-state index in [-0.39, 0.29) is 16.7 Å². The molecule has 0 aliphatic heterocycles. The smallest absolute Gasteiger partial charge is 0.337 e. The second kappa shape index (κ2) is 2.85. The van der Waals surface area contributed by atoms with E-state index in [1.54, 1.807) is 0 Å². The summed E-state index contributed by atoms with van der Waals surface area (Å²) in [5.41, 5.74) is 4.79. The molecule has 0 fully saturated rings. The van der Waals surface area contributed by atoms with Crippen molar-refractivity contribution in [2.24, 2.45) is 0 Å². The van der Waals surface area contributed by atoms with Gasteiger partial charge in [0.2, 0.25) is 0 Å². The van der Waals surface area contributed by atoms with Gasteiger partial charge in [-0.25, -0.2) is 9.18 Å². The molecule has 0 saturated carbocycles. The molecule has 0 spiro atoms. The van der Waals surface area contributed by atoms with Gasteiger partial charge in [0.15, 0.2) is 0 Å². The highest BCUT2D eigenvalue weighted by Gasteiger charge is 2.10. The van der Waals surface area contributed by atoms with E-state index >= 15 is 0 Å². The number of rotatable bonds is 1. The Kier molecular flexibility index (Phi) is 2.04. The van der Waals surface area contributed by atoms with E-state index in [4.69, 9.17) is 18.7 Å². The molecule has 0 aliphatic rings. The Morgan fingerprint density at radius 3 is 2.67 bits per heavy atom. The van der Waals surface area contributed by atoms with Crippen LogP contribution in [0.15, 0.2) is 12.1 Å². The van der Waals surface area contributed by atoms with Gasteiger partial charge in [-0.15, -0.1) is 0 Å². The quantitative estimate of drug-likeness (QED) is 0.451. The van der Waals surface area contributed by atoms with Crippen LogP contribution in [0.1, 0.15) is 10.4 Å². The molecular formula is C7H5BFNO2. The largest absolute Gasteiger partial charge is 0.478 e. The number of aromatic carboxylic acids is 1. The molecule has 0 aliphatic carbocycles. The molecule has 0 amide bonds. The second-order valence-electron chi connectivity index (χ2n) is 2.27. The molecule has 5 heteroatoms.